The number of rotatable bonds is 2. The van der Waals surface area contributed by atoms with Crippen LogP contribution < -0.4 is 4.90 Å². The van der Waals surface area contributed by atoms with Gasteiger partial charge in [0.25, 0.3) is 11.8 Å². The van der Waals surface area contributed by atoms with Gasteiger partial charge in [0.2, 0.25) is 0 Å². The number of fused-ring (bicyclic) bond motifs is 1. The van der Waals surface area contributed by atoms with Gasteiger partial charge >= 0.3 is 0 Å². The van der Waals surface area contributed by atoms with Crippen molar-refractivity contribution in [1.82, 2.24) is 0 Å². The van der Waals surface area contributed by atoms with Gasteiger partial charge in [0.15, 0.2) is 11.1 Å². The third-order valence-electron chi connectivity index (χ3n) is 3.40. The Morgan fingerprint density at radius 3 is 1.58 bits per heavy atom. The molecule has 1 aliphatic rings. The largest absolute Gasteiger partial charge is 0.302 e. The van der Waals surface area contributed by atoms with Gasteiger partial charge in [-0.05, 0) is 24.3 Å². The lowest BCUT2D eigenvalue weighted by Gasteiger charge is -2.14. The summed E-state index contributed by atoms with van der Waals surface area (Å²) in [4.78, 5) is 26.2. The first-order valence-corrected chi connectivity index (χ1v) is 8.83. The fraction of sp³-hybridized carbons (Fsp3) is 0. The molecule has 0 spiro atoms. The van der Waals surface area contributed by atoms with Gasteiger partial charge in [-0.25, -0.2) is 9.11 Å². The standard InChI is InChI=1S/C14H5Cl4NO4S/c15-9-7-8(10(16)12(18)11(9)17)14(21)19(13(7)20)5-1-3-6(4-2-5)24(22)23/h1-4H,(H,22,23). The summed E-state index contributed by atoms with van der Waals surface area (Å²) < 4.78 is 20.0. The number of halogens is 4. The number of imide groups is 1. The van der Waals surface area contributed by atoms with Crippen LogP contribution in [0, 0.1) is 0 Å². The molecule has 0 bridgehead atoms. The van der Waals surface area contributed by atoms with Crippen molar-refractivity contribution < 1.29 is 18.4 Å². The van der Waals surface area contributed by atoms with E-state index in [0.29, 0.717) is 0 Å². The van der Waals surface area contributed by atoms with Gasteiger partial charge in [-0.1, -0.05) is 46.4 Å². The number of benzene rings is 2. The van der Waals surface area contributed by atoms with Crippen LogP contribution in [-0.4, -0.2) is 20.6 Å². The van der Waals surface area contributed by atoms with Crippen LogP contribution >= 0.6 is 46.4 Å². The van der Waals surface area contributed by atoms with Crippen LogP contribution in [-0.2, 0) is 11.1 Å². The van der Waals surface area contributed by atoms with Crippen molar-refractivity contribution in [3.63, 3.8) is 0 Å². The van der Waals surface area contributed by atoms with E-state index in [1.165, 1.54) is 24.3 Å². The third kappa shape index (κ3) is 2.54. The number of nitrogens with zero attached hydrogens (tertiary/aromatic N) is 1. The molecule has 1 unspecified atom stereocenters. The summed E-state index contributed by atoms with van der Waals surface area (Å²) in [6, 6.07) is 5.35. The second kappa shape index (κ2) is 6.29. The van der Waals surface area contributed by atoms with Crippen molar-refractivity contribution in [2.45, 2.75) is 4.90 Å². The van der Waals surface area contributed by atoms with E-state index in [1.54, 1.807) is 0 Å². The molecule has 1 heterocycles. The third-order valence-corrected chi connectivity index (χ3v) is 5.88. The molecular formula is C14H5Cl4NO4S. The zero-order valence-corrected chi connectivity index (χ0v) is 15.2. The highest BCUT2D eigenvalue weighted by Gasteiger charge is 2.42. The second-order valence-corrected chi connectivity index (χ2v) is 7.18. The lowest BCUT2D eigenvalue weighted by atomic mass is 10.1. The molecule has 24 heavy (non-hydrogen) atoms. The minimum absolute atomic E-state index is 0.115. The molecule has 5 nitrogen and oxygen atoms in total. The highest BCUT2D eigenvalue weighted by atomic mass is 35.5. The van der Waals surface area contributed by atoms with Crippen LogP contribution in [0.15, 0.2) is 29.2 Å². The number of carbonyl (C=O) groups excluding carboxylic acids is 2. The summed E-state index contributed by atoms with van der Waals surface area (Å²) in [7, 11) is 0. The van der Waals surface area contributed by atoms with E-state index in [0.717, 1.165) is 4.90 Å². The van der Waals surface area contributed by atoms with E-state index in [2.05, 4.69) is 0 Å². The monoisotopic (exact) mass is 423 g/mol. The lowest BCUT2D eigenvalue weighted by Crippen LogP contribution is -2.29. The highest BCUT2D eigenvalue weighted by Crippen LogP contribution is 2.45. The average Bonchev–Trinajstić information content (AvgIpc) is 2.82. The molecule has 3 rings (SSSR count). The van der Waals surface area contributed by atoms with Gasteiger partial charge in [0.05, 0.1) is 41.8 Å². The zero-order valence-electron chi connectivity index (χ0n) is 11.3. The molecule has 0 radical (unpaired) electrons. The topological polar surface area (TPSA) is 74.7 Å². The van der Waals surface area contributed by atoms with E-state index in [4.69, 9.17) is 51.0 Å². The highest BCUT2D eigenvalue weighted by molar-refractivity contribution is 7.79. The van der Waals surface area contributed by atoms with Crippen molar-refractivity contribution in [3.8, 4) is 0 Å². The number of amides is 2. The van der Waals surface area contributed by atoms with Gasteiger partial charge in [-0.3, -0.25) is 9.59 Å². The fourth-order valence-corrected chi connectivity index (χ4v) is 3.68. The number of anilines is 1. The molecule has 124 valence electrons. The Balaban J connectivity index is 2.16. The first-order chi connectivity index (χ1) is 11.3. The van der Waals surface area contributed by atoms with E-state index in [1.807, 2.05) is 0 Å². The van der Waals surface area contributed by atoms with Crippen LogP contribution in [0.3, 0.4) is 0 Å². The Labute approximate surface area is 158 Å². The van der Waals surface area contributed by atoms with Crippen LogP contribution in [0.1, 0.15) is 20.7 Å². The molecule has 0 saturated heterocycles. The Hall–Kier alpha value is -1.15. The number of carbonyl (C=O) groups is 2. The summed E-state index contributed by atoms with van der Waals surface area (Å²) >= 11 is 21.8. The van der Waals surface area contributed by atoms with Gasteiger partial charge in [-0.2, -0.15) is 0 Å². The van der Waals surface area contributed by atoms with E-state index in [-0.39, 0.29) is 41.8 Å². The predicted molar refractivity (Wildman–Crippen MR) is 93.1 cm³/mol. The first kappa shape index (κ1) is 17.7. The molecule has 2 aromatic carbocycles. The van der Waals surface area contributed by atoms with Gasteiger partial charge in [0, 0.05) is 0 Å². The molecule has 10 heteroatoms. The number of hydrogen-bond donors (Lipinski definition) is 1. The molecule has 1 N–H and O–H groups in total. The quantitative estimate of drug-likeness (QED) is 0.328. The molecule has 0 aliphatic carbocycles. The van der Waals surface area contributed by atoms with Crippen LogP contribution in [0.2, 0.25) is 20.1 Å². The maximum atomic E-state index is 12.6. The molecular weight excluding hydrogens is 420 g/mol. The van der Waals surface area contributed by atoms with Crippen molar-refractivity contribution in [1.29, 1.82) is 0 Å². The number of hydrogen-bond acceptors (Lipinski definition) is 3. The van der Waals surface area contributed by atoms with Gasteiger partial charge < -0.3 is 4.55 Å². The summed E-state index contributed by atoms with van der Waals surface area (Å²) in [5, 5.41) is -0.544. The van der Waals surface area contributed by atoms with Crippen LogP contribution in [0.25, 0.3) is 0 Å². The van der Waals surface area contributed by atoms with Crippen molar-refractivity contribution in [2.24, 2.45) is 0 Å². The fourth-order valence-electron chi connectivity index (χ4n) is 2.30. The minimum atomic E-state index is -2.18. The van der Waals surface area contributed by atoms with Gasteiger partial charge in [0.1, 0.15) is 0 Å². The Kier molecular flexibility index (Phi) is 4.63. The Morgan fingerprint density at radius 1 is 0.792 bits per heavy atom. The Bertz CT molecular complexity index is 883. The van der Waals surface area contributed by atoms with Crippen molar-refractivity contribution in [3.05, 3.63) is 55.5 Å². The molecule has 2 amide bonds. The predicted octanol–water partition coefficient (Wildman–Crippen LogP) is 4.68. The molecule has 1 atom stereocenters. The Morgan fingerprint density at radius 2 is 1.21 bits per heavy atom. The molecule has 0 aromatic heterocycles. The summed E-state index contributed by atoms with van der Waals surface area (Å²) in [5.41, 5.74) is -0.0680. The zero-order chi connectivity index (χ0) is 17.8. The summed E-state index contributed by atoms with van der Waals surface area (Å²) in [6.45, 7) is 0. The first-order valence-electron chi connectivity index (χ1n) is 6.21. The maximum absolute atomic E-state index is 12.6. The summed E-state index contributed by atoms with van der Waals surface area (Å²) in [6.07, 6.45) is 0. The van der Waals surface area contributed by atoms with Crippen molar-refractivity contribution >= 4 is 75.0 Å². The summed E-state index contributed by atoms with van der Waals surface area (Å²) in [5.74, 6) is -1.42. The van der Waals surface area contributed by atoms with E-state index < -0.39 is 22.9 Å². The molecule has 0 fully saturated rings. The SMILES string of the molecule is O=C1c2c(Cl)c(Cl)c(Cl)c(Cl)c2C(=O)N1c1ccc(S(=O)O)cc1. The van der Waals surface area contributed by atoms with Crippen LogP contribution in [0.5, 0.6) is 0 Å². The molecule has 0 saturated carbocycles. The minimum Gasteiger partial charge on any atom is -0.302 e. The molecule has 1 aliphatic heterocycles. The van der Waals surface area contributed by atoms with Crippen molar-refractivity contribution in [2.75, 3.05) is 4.90 Å². The normalized spacial score (nSPS) is 15.0. The second-order valence-electron chi connectivity index (χ2n) is 4.69. The smallest absolute Gasteiger partial charge is 0.267 e. The lowest BCUT2D eigenvalue weighted by molar-refractivity contribution is 0.0926. The van der Waals surface area contributed by atoms with Crippen LogP contribution in [0.4, 0.5) is 5.69 Å². The van der Waals surface area contributed by atoms with E-state index >= 15 is 0 Å². The van der Waals surface area contributed by atoms with Gasteiger partial charge in [-0.15, -0.1) is 0 Å². The van der Waals surface area contributed by atoms with E-state index in [9.17, 15) is 13.8 Å². The average molecular weight is 425 g/mol. The molecule has 2 aromatic rings. The maximum Gasteiger partial charge on any atom is 0.267 e.